The second-order valence-electron chi connectivity index (χ2n) is 9.63. The molecule has 1 fully saturated rings. The first-order valence-corrected chi connectivity index (χ1v) is 13.0. The second kappa shape index (κ2) is 11.1. The zero-order chi connectivity index (χ0) is 26.6. The van der Waals surface area contributed by atoms with Gasteiger partial charge in [0.2, 0.25) is 0 Å². The molecule has 0 atom stereocenters. The number of carbonyl (C=O) groups is 2. The zero-order valence-electron chi connectivity index (χ0n) is 21.4. The molecule has 9 heteroatoms. The van der Waals surface area contributed by atoms with E-state index in [0.29, 0.717) is 41.1 Å². The van der Waals surface area contributed by atoms with Crippen LogP contribution >= 0.6 is 11.6 Å². The molecular formula is C29H30ClN5O3. The molecular weight excluding hydrogens is 502 g/mol. The van der Waals surface area contributed by atoms with Crippen LogP contribution in [-0.4, -0.2) is 59.9 Å². The highest BCUT2D eigenvalue weighted by Gasteiger charge is 2.26. The van der Waals surface area contributed by atoms with Gasteiger partial charge in [-0.15, -0.1) is 0 Å². The fourth-order valence-electron chi connectivity index (χ4n) is 4.73. The topological polar surface area (TPSA) is 79.2 Å². The number of anilines is 2. The fraction of sp³-hybridized carbons (Fsp3) is 0.276. The lowest BCUT2D eigenvalue weighted by Gasteiger charge is -2.32. The Kier molecular flexibility index (Phi) is 7.51. The number of piperidine rings is 1. The van der Waals surface area contributed by atoms with Crippen molar-refractivity contribution in [3.63, 3.8) is 0 Å². The summed E-state index contributed by atoms with van der Waals surface area (Å²) < 4.78 is 7.43. The van der Waals surface area contributed by atoms with Gasteiger partial charge in [0.05, 0.1) is 6.20 Å². The number of likely N-dealkylation sites (tertiary alicyclic amines) is 1. The first kappa shape index (κ1) is 25.6. The molecule has 0 bridgehead atoms. The van der Waals surface area contributed by atoms with Crippen molar-refractivity contribution in [2.24, 2.45) is 0 Å². The standard InChI is InChI=1S/C29H30ClN5O3/c1-33(2)24-4-3-5-25(17-24)38-19-28(36)32-23-8-6-20(7-9-23)21-10-13-34(14-11-21)29(37)26-18-31-27-16-22(30)12-15-35(26)27/h3-9,12,15-18,21H,10-11,13-14,19H2,1-2H3,(H,32,36). The van der Waals surface area contributed by atoms with Gasteiger partial charge in [0.15, 0.2) is 6.61 Å². The molecule has 4 aromatic rings. The smallest absolute Gasteiger partial charge is 0.272 e. The van der Waals surface area contributed by atoms with E-state index in [-0.39, 0.29) is 18.4 Å². The molecule has 1 saturated heterocycles. The number of pyridine rings is 1. The normalized spacial score (nSPS) is 13.9. The number of halogens is 1. The van der Waals surface area contributed by atoms with Crippen molar-refractivity contribution in [2.45, 2.75) is 18.8 Å². The molecule has 0 saturated carbocycles. The van der Waals surface area contributed by atoms with Crippen LogP contribution in [0, 0.1) is 0 Å². The van der Waals surface area contributed by atoms with E-state index in [2.05, 4.69) is 10.3 Å². The molecule has 5 rings (SSSR count). The van der Waals surface area contributed by atoms with Crippen molar-refractivity contribution < 1.29 is 14.3 Å². The highest BCUT2D eigenvalue weighted by atomic mass is 35.5. The molecule has 0 unspecified atom stereocenters. The largest absolute Gasteiger partial charge is 0.484 e. The SMILES string of the molecule is CN(C)c1cccc(OCC(=O)Nc2ccc(C3CCN(C(=O)c4cnc5cc(Cl)ccn45)CC3)cc2)c1. The number of ether oxygens (including phenoxy) is 1. The third-order valence-corrected chi connectivity index (χ3v) is 7.08. The molecule has 0 radical (unpaired) electrons. The summed E-state index contributed by atoms with van der Waals surface area (Å²) in [5, 5.41) is 3.48. The quantitative estimate of drug-likeness (QED) is 0.359. The monoisotopic (exact) mass is 531 g/mol. The van der Waals surface area contributed by atoms with Crippen molar-refractivity contribution in [3.8, 4) is 5.75 Å². The first-order valence-electron chi connectivity index (χ1n) is 12.6. The van der Waals surface area contributed by atoms with Gasteiger partial charge in [-0.05, 0) is 54.7 Å². The molecule has 2 amide bonds. The maximum absolute atomic E-state index is 13.1. The molecule has 8 nitrogen and oxygen atoms in total. The van der Waals surface area contributed by atoms with Crippen molar-refractivity contribution >= 4 is 40.4 Å². The van der Waals surface area contributed by atoms with Crippen LogP contribution in [0.2, 0.25) is 5.02 Å². The molecule has 196 valence electrons. The first-order chi connectivity index (χ1) is 18.4. The van der Waals surface area contributed by atoms with E-state index in [0.717, 1.165) is 24.2 Å². The molecule has 0 aliphatic carbocycles. The lowest BCUT2D eigenvalue weighted by Crippen LogP contribution is -2.38. The summed E-state index contributed by atoms with van der Waals surface area (Å²) in [5.41, 5.74) is 4.15. The third kappa shape index (κ3) is 5.75. The number of aromatic nitrogens is 2. The highest BCUT2D eigenvalue weighted by Crippen LogP contribution is 2.30. The molecule has 38 heavy (non-hydrogen) atoms. The van der Waals surface area contributed by atoms with Crippen LogP contribution in [0.5, 0.6) is 5.75 Å². The molecule has 2 aromatic carbocycles. The van der Waals surface area contributed by atoms with Crippen LogP contribution in [0.3, 0.4) is 0 Å². The van der Waals surface area contributed by atoms with Crippen LogP contribution in [-0.2, 0) is 4.79 Å². The number of amides is 2. The van der Waals surface area contributed by atoms with E-state index < -0.39 is 0 Å². The molecule has 3 heterocycles. The molecule has 0 spiro atoms. The van der Waals surface area contributed by atoms with Gasteiger partial charge in [-0.25, -0.2) is 4.98 Å². The van der Waals surface area contributed by atoms with E-state index in [9.17, 15) is 9.59 Å². The number of benzene rings is 2. The molecule has 1 aliphatic rings. The Morgan fingerprint density at radius 1 is 1.08 bits per heavy atom. The summed E-state index contributed by atoms with van der Waals surface area (Å²) in [5.74, 6) is 0.774. The number of nitrogens with one attached hydrogen (secondary N) is 1. The van der Waals surface area contributed by atoms with Gasteiger partial charge in [0.25, 0.3) is 11.8 Å². The predicted octanol–water partition coefficient (Wildman–Crippen LogP) is 5.09. The van der Waals surface area contributed by atoms with Crippen LogP contribution in [0.1, 0.15) is 34.8 Å². The number of nitrogens with zero attached hydrogens (tertiary/aromatic N) is 4. The summed E-state index contributed by atoms with van der Waals surface area (Å²) in [6.45, 7) is 1.29. The lowest BCUT2D eigenvalue weighted by atomic mass is 9.89. The maximum atomic E-state index is 13.1. The lowest BCUT2D eigenvalue weighted by molar-refractivity contribution is -0.118. The van der Waals surface area contributed by atoms with Gasteiger partial charge in [0.1, 0.15) is 17.1 Å². The van der Waals surface area contributed by atoms with E-state index in [4.69, 9.17) is 16.3 Å². The Balaban J connectivity index is 1.12. The van der Waals surface area contributed by atoms with Gasteiger partial charge < -0.3 is 19.9 Å². The molecule has 2 aromatic heterocycles. The summed E-state index contributed by atoms with van der Waals surface area (Å²) >= 11 is 6.04. The number of rotatable bonds is 7. The van der Waals surface area contributed by atoms with Crippen LogP contribution < -0.4 is 15.0 Å². The predicted molar refractivity (Wildman–Crippen MR) is 149 cm³/mol. The second-order valence-corrected chi connectivity index (χ2v) is 10.1. The van der Waals surface area contributed by atoms with Crippen molar-refractivity contribution in [1.29, 1.82) is 0 Å². The maximum Gasteiger partial charge on any atom is 0.272 e. The number of fused-ring (bicyclic) bond motifs is 1. The average molecular weight is 532 g/mol. The van der Waals surface area contributed by atoms with Crippen molar-refractivity contribution in [3.05, 3.63) is 89.3 Å². The van der Waals surface area contributed by atoms with E-state index in [1.54, 1.807) is 28.9 Å². The Bertz CT molecular complexity index is 1440. The number of imidazole rings is 1. The van der Waals surface area contributed by atoms with Gasteiger partial charge in [-0.3, -0.25) is 14.0 Å². The zero-order valence-corrected chi connectivity index (χ0v) is 22.2. The minimum atomic E-state index is -0.213. The number of hydrogen-bond donors (Lipinski definition) is 1. The van der Waals surface area contributed by atoms with Gasteiger partial charge in [0, 0.05) is 61.9 Å². The van der Waals surface area contributed by atoms with Crippen LogP contribution in [0.4, 0.5) is 11.4 Å². The minimum Gasteiger partial charge on any atom is -0.484 e. The Labute approximate surface area is 226 Å². The Hall–Kier alpha value is -4.04. The van der Waals surface area contributed by atoms with Gasteiger partial charge in [-0.2, -0.15) is 0 Å². The van der Waals surface area contributed by atoms with Gasteiger partial charge in [-0.1, -0.05) is 29.8 Å². The van der Waals surface area contributed by atoms with Gasteiger partial charge >= 0.3 is 0 Å². The summed E-state index contributed by atoms with van der Waals surface area (Å²) in [6, 6.07) is 19.0. The van der Waals surface area contributed by atoms with Crippen LogP contribution in [0.15, 0.2) is 73.1 Å². The molecule has 1 N–H and O–H groups in total. The summed E-state index contributed by atoms with van der Waals surface area (Å²) in [6.07, 6.45) is 5.14. The summed E-state index contributed by atoms with van der Waals surface area (Å²) in [7, 11) is 3.91. The Morgan fingerprint density at radius 2 is 1.84 bits per heavy atom. The average Bonchev–Trinajstić information content (AvgIpc) is 3.35. The minimum absolute atomic E-state index is 0.0213. The number of hydrogen-bond acceptors (Lipinski definition) is 5. The van der Waals surface area contributed by atoms with Crippen molar-refractivity contribution in [2.75, 3.05) is 44.0 Å². The fourth-order valence-corrected chi connectivity index (χ4v) is 4.88. The highest BCUT2D eigenvalue weighted by molar-refractivity contribution is 6.30. The van der Waals surface area contributed by atoms with E-state index >= 15 is 0 Å². The Morgan fingerprint density at radius 3 is 2.58 bits per heavy atom. The van der Waals surface area contributed by atoms with E-state index in [1.807, 2.05) is 72.4 Å². The van der Waals surface area contributed by atoms with Crippen LogP contribution in [0.25, 0.3) is 5.65 Å². The number of carbonyl (C=O) groups excluding carboxylic acids is 2. The van der Waals surface area contributed by atoms with Crippen molar-refractivity contribution in [1.82, 2.24) is 14.3 Å². The van der Waals surface area contributed by atoms with E-state index in [1.165, 1.54) is 5.56 Å². The third-order valence-electron chi connectivity index (χ3n) is 6.85. The summed E-state index contributed by atoms with van der Waals surface area (Å²) in [4.78, 5) is 33.7. The molecule has 1 aliphatic heterocycles.